The molecule has 0 radical (unpaired) electrons. The standard InChI is InChI=1S/C21H21N5O3/c1-13-11-26(21(29)25-20(13)28)12-18(27)23-16-8-5-9-17-15(16)10-22-19(24-17)14-6-3-2-4-7-14/h2-4,6-7,10-11,16H,5,8-9,12H2,1H3,(H,23,27)(H,25,28,29). The molecule has 8 heteroatoms. The lowest BCUT2D eigenvalue weighted by atomic mass is 9.92. The summed E-state index contributed by atoms with van der Waals surface area (Å²) in [7, 11) is 0. The average Bonchev–Trinajstić information content (AvgIpc) is 2.72. The molecule has 2 N–H and O–H groups in total. The Morgan fingerprint density at radius 3 is 2.86 bits per heavy atom. The maximum atomic E-state index is 12.5. The lowest BCUT2D eigenvalue weighted by Gasteiger charge is -2.25. The Morgan fingerprint density at radius 2 is 2.07 bits per heavy atom. The Labute approximate surface area is 166 Å². The Balaban J connectivity index is 1.52. The first-order valence-electron chi connectivity index (χ1n) is 9.52. The predicted molar refractivity (Wildman–Crippen MR) is 107 cm³/mol. The van der Waals surface area contributed by atoms with Crippen molar-refractivity contribution in [3.05, 3.63) is 80.4 Å². The fraction of sp³-hybridized carbons (Fsp3) is 0.286. The molecule has 1 unspecified atom stereocenters. The molecule has 4 rings (SSSR count). The van der Waals surface area contributed by atoms with Gasteiger partial charge >= 0.3 is 5.69 Å². The zero-order valence-electron chi connectivity index (χ0n) is 16.0. The number of aromatic nitrogens is 4. The summed E-state index contributed by atoms with van der Waals surface area (Å²) in [5.74, 6) is 0.370. The van der Waals surface area contributed by atoms with E-state index in [1.807, 2.05) is 30.3 Å². The zero-order chi connectivity index (χ0) is 20.4. The van der Waals surface area contributed by atoms with Crippen LogP contribution < -0.4 is 16.6 Å². The molecule has 0 saturated heterocycles. The Morgan fingerprint density at radius 1 is 1.28 bits per heavy atom. The van der Waals surface area contributed by atoms with Gasteiger partial charge in [0.2, 0.25) is 5.91 Å². The molecular formula is C21H21N5O3. The van der Waals surface area contributed by atoms with Gasteiger partial charge in [0.1, 0.15) is 6.54 Å². The molecule has 3 aromatic rings. The summed E-state index contributed by atoms with van der Waals surface area (Å²) in [6, 6.07) is 9.57. The van der Waals surface area contributed by atoms with E-state index in [1.54, 1.807) is 13.1 Å². The number of benzene rings is 1. The van der Waals surface area contributed by atoms with Gasteiger partial charge in [0, 0.05) is 34.8 Å². The zero-order valence-corrected chi connectivity index (χ0v) is 16.0. The number of carbonyl (C=O) groups is 1. The average molecular weight is 391 g/mol. The third kappa shape index (κ3) is 4.01. The number of nitrogens with zero attached hydrogens (tertiary/aromatic N) is 3. The van der Waals surface area contributed by atoms with Crippen LogP contribution in [0.25, 0.3) is 11.4 Å². The first kappa shape index (κ1) is 18.8. The van der Waals surface area contributed by atoms with E-state index < -0.39 is 11.2 Å². The lowest BCUT2D eigenvalue weighted by Crippen LogP contribution is -2.38. The number of aryl methyl sites for hydroxylation is 2. The Bertz CT molecular complexity index is 1170. The molecule has 1 aliphatic rings. The highest BCUT2D eigenvalue weighted by Gasteiger charge is 2.24. The SMILES string of the molecule is Cc1cn(CC(=O)NC2CCCc3nc(-c4ccccc4)ncc32)c(=O)[nH]c1=O. The van der Waals surface area contributed by atoms with Gasteiger partial charge in [0.05, 0.1) is 6.04 Å². The maximum absolute atomic E-state index is 12.5. The summed E-state index contributed by atoms with van der Waals surface area (Å²) in [6.07, 6.45) is 5.70. The third-order valence-corrected chi connectivity index (χ3v) is 5.05. The first-order chi connectivity index (χ1) is 14.0. The molecule has 0 spiro atoms. The van der Waals surface area contributed by atoms with Gasteiger partial charge in [-0.15, -0.1) is 0 Å². The number of hydrogen-bond acceptors (Lipinski definition) is 5. The van der Waals surface area contributed by atoms with Crippen LogP contribution in [0.5, 0.6) is 0 Å². The van der Waals surface area contributed by atoms with Gasteiger partial charge in [-0.25, -0.2) is 14.8 Å². The predicted octanol–water partition coefficient (Wildman–Crippen LogP) is 1.50. The van der Waals surface area contributed by atoms with Gasteiger partial charge in [-0.1, -0.05) is 30.3 Å². The van der Waals surface area contributed by atoms with Crippen molar-refractivity contribution in [3.8, 4) is 11.4 Å². The summed E-state index contributed by atoms with van der Waals surface area (Å²) < 4.78 is 1.20. The normalized spacial score (nSPS) is 15.6. The van der Waals surface area contributed by atoms with E-state index in [1.165, 1.54) is 10.8 Å². The second kappa shape index (κ2) is 7.83. The minimum Gasteiger partial charge on any atom is -0.348 e. The summed E-state index contributed by atoms with van der Waals surface area (Å²) in [4.78, 5) is 47.3. The number of amides is 1. The summed E-state index contributed by atoms with van der Waals surface area (Å²) >= 11 is 0. The van der Waals surface area contributed by atoms with Crippen molar-refractivity contribution in [1.82, 2.24) is 24.8 Å². The van der Waals surface area contributed by atoms with E-state index in [-0.39, 0.29) is 18.5 Å². The molecule has 0 fully saturated rings. The third-order valence-electron chi connectivity index (χ3n) is 5.05. The molecule has 1 atom stereocenters. The highest BCUT2D eigenvalue weighted by molar-refractivity contribution is 5.76. The van der Waals surface area contributed by atoms with E-state index in [0.29, 0.717) is 11.4 Å². The molecular weight excluding hydrogens is 370 g/mol. The van der Waals surface area contributed by atoms with Gasteiger partial charge in [-0.2, -0.15) is 0 Å². The minimum absolute atomic E-state index is 0.161. The highest BCUT2D eigenvalue weighted by Crippen LogP contribution is 2.29. The number of carbonyl (C=O) groups excluding carboxylic acids is 1. The van der Waals surface area contributed by atoms with Gasteiger partial charge in [-0.05, 0) is 26.2 Å². The van der Waals surface area contributed by atoms with Crippen molar-refractivity contribution in [1.29, 1.82) is 0 Å². The van der Waals surface area contributed by atoms with Crippen molar-refractivity contribution in [2.24, 2.45) is 0 Å². The van der Waals surface area contributed by atoms with Crippen molar-refractivity contribution in [2.75, 3.05) is 0 Å². The van der Waals surface area contributed by atoms with Crippen LogP contribution in [-0.2, 0) is 17.8 Å². The summed E-state index contributed by atoms with van der Waals surface area (Å²) in [5.41, 5.74) is 2.13. The van der Waals surface area contributed by atoms with Gasteiger partial charge in [0.25, 0.3) is 5.56 Å². The van der Waals surface area contributed by atoms with Crippen LogP contribution in [0.2, 0.25) is 0 Å². The molecule has 2 heterocycles. The first-order valence-corrected chi connectivity index (χ1v) is 9.52. The molecule has 29 heavy (non-hydrogen) atoms. The second-order valence-corrected chi connectivity index (χ2v) is 7.17. The monoisotopic (exact) mass is 391 g/mol. The topological polar surface area (TPSA) is 110 Å². The second-order valence-electron chi connectivity index (χ2n) is 7.17. The Hall–Kier alpha value is -3.55. The quantitative estimate of drug-likeness (QED) is 0.700. The van der Waals surface area contributed by atoms with Crippen LogP contribution in [0.15, 0.2) is 52.3 Å². The van der Waals surface area contributed by atoms with E-state index in [4.69, 9.17) is 4.98 Å². The van der Waals surface area contributed by atoms with Crippen LogP contribution >= 0.6 is 0 Å². The van der Waals surface area contributed by atoms with Crippen LogP contribution in [0.1, 0.15) is 35.7 Å². The van der Waals surface area contributed by atoms with Crippen LogP contribution in [0.4, 0.5) is 0 Å². The van der Waals surface area contributed by atoms with Crippen molar-refractivity contribution >= 4 is 5.91 Å². The molecule has 8 nitrogen and oxygen atoms in total. The maximum Gasteiger partial charge on any atom is 0.328 e. The van der Waals surface area contributed by atoms with E-state index >= 15 is 0 Å². The van der Waals surface area contributed by atoms with Gasteiger partial charge in [-0.3, -0.25) is 19.1 Å². The van der Waals surface area contributed by atoms with Gasteiger partial charge < -0.3 is 5.32 Å². The van der Waals surface area contributed by atoms with Gasteiger partial charge in [0.15, 0.2) is 5.82 Å². The van der Waals surface area contributed by atoms with E-state index in [0.717, 1.165) is 36.1 Å². The molecule has 0 bridgehead atoms. The number of rotatable bonds is 4. The summed E-state index contributed by atoms with van der Waals surface area (Å²) in [5, 5.41) is 2.97. The molecule has 0 aliphatic heterocycles. The molecule has 1 aliphatic carbocycles. The molecule has 0 saturated carbocycles. The fourth-order valence-electron chi connectivity index (χ4n) is 3.55. The highest BCUT2D eigenvalue weighted by atomic mass is 16.2. The van der Waals surface area contributed by atoms with Crippen molar-refractivity contribution in [2.45, 2.75) is 38.8 Å². The van der Waals surface area contributed by atoms with E-state index in [9.17, 15) is 14.4 Å². The number of nitrogens with one attached hydrogen (secondary N) is 2. The molecule has 2 aromatic heterocycles. The number of H-pyrrole nitrogens is 1. The van der Waals surface area contributed by atoms with Crippen LogP contribution in [0, 0.1) is 6.92 Å². The number of hydrogen-bond donors (Lipinski definition) is 2. The van der Waals surface area contributed by atoms with E-state index in [2.05, 4.69) is 15.3 Å². The number of fused-ring (bicyclic) bond motifs is 1. The van der Waals surface area contributed by atoms with Crippen LogP contribution in [0.3, 0.4) is 0 Å². The fourth-order valence-corrected chi connectivity index (χ4v) is 3.55. The largest absolute Gasteiger partial charge is 0.348 e. The minimum atomic E-state index is -0.601. The molecule has 1 amide bonds. The number of aromatic amines is 1. The van der Waals surface area contributed by atoms with Crippen LogP contribution in [-0.4, -0.2) is 25.4 Å². The smallest absolute Gasteiger partial charge is 0.328 e. The lowest BCUT2D eigenvalue weighted by molar-refractivity contribution is -0.122. The molecule has 1 aromatic carbocycles. The van der Waals surface area contributed by atoms with Crippen molar-refractivity contribution < 1.29 is 4.79 Å². The Kier molecular flexibility index (Phi) is 5.07. The van der Waals surface area contributed by atoms with Crippen molar-refractivity contribution in [3.63, 3.8) is 0 Å². The summed E-state index contributed by atoms with van der Waals surface area (Å²) in [6.45, 7) is 1.43. The molecule has 148 valence electrons.